The molecule has 0 saturated carbocycles. The van der Waals surface area contributed by atoms with E-state index in [4.69, 9.17) is 9.47 Å². The van der Waals surface area contributed by atoms with E-state index in [9.17, 15) is 4.79 Å². The lowest BCUT2D eigenvalue weighted by Gasteiger charge is -2.09. The van der Waals surface area contributed by atoms with Crippen LogP contribution >= 0.6 is 27.7 Å². The third-order valence-electron chi connectivity index (χ3n) is 2.43. The van der Waals surface area contributed by atoms with E-state index in [1.807, 2.05) is 0 Å². The summed E-state index contributed by atoms with van der Waals surface area (Å²) < 4.78 is 11.2. The fourth-order valence-electron chi connectivity index (χ4n) is 1.49. The first-order valence-electron chi connectivity index (χ1n) is 5.59. The van der Waals surface area contributed by atoms with Crippen molar-refractivity contribution >= 4 is 45.0 Å². The second kappa shape index (κ2) is 6.76. The Morgan fingerprint density at radius 3 is 2.65 bits per heavy atom. The second-order valence-electron chi connectivity index (χ2n) is 3.72. The molecule has 1 aliphatic heterocycles. The largest absolute Gasteiger partial charge is 0.493 e. The first kappa shape index (κ1) is 14.9. The van der Waals surface area contributed by atoms with E-state index >= 15 is 0 Å². The summed E-state index contributed by atoms with van der Waals surface area (Å²) in [5, 5.41) is 11.0. The number of amides is 1. The third kappa shape index (κ3) is 3.51. The number of amidine groups is 1. The van der Waals surface area contributed by atoms with Gasteiger partial charge < -0.3 is 14.8 Å². The number of halogens is 1. The van der Waals surface area contributed by atoms with Crippen molar-refractivity contribution in [3.63, 3.8) is 0 Å². The van der Waals surface area contributed by atoms with Crippen molar-refractivity contribution < 1.29 is 14.3 Å². The average molecular weight is 358 g/mol. The molecule has 1 fully saturated rings. The Balaban J connectivity index is 2.18. The summed E-state index contributed by atoms with van der Waals surface area (Å²) in [6, 6.07) is 3.58. The van der Waals surface area contributed by atoms with E-state index in [2.05, 4.69) is 31.4 Å². The number of nitrogens with one attached hydrogen (secondary N) is 1. The standard InChI is InChI=1S/C12H12BrN3O3S/c1-18-9-3-7(8(13)4-10(9)19-2)5-14-16-12-15-11(17)6-20-12/h3-5H,6H2,1-2H3,(H,15,16,17). The molecule has 1 aromatic carbocycles. The van der Waals surface area contributed by atoms with Crippen LogP contribution in [0.1, 0.15) is 5.56 Å². The molecule has 1 heterocycles. The van der Waals surface area contributed by atoms with Gasteiger partial charge in [-0.05, 0) is 28.1 Å². The maximum absolute atomic E-state index is 11.0. The monoisotopic (exact) mass is 357 g/mol. The minimum absolute atomic E-state index is 0.0590. The SMILES string of the molecule is COc1cc(Br)c(C=NN=C2NC(=O)CS2)cc1OC. The highest BCUT2D eigenvalue weighted by Gasteiger charge is 2.16. The Kier molecular flexibility index (Phi) is 5.02. The Hall–Kier alpha value is -1.54. The zero-order chi connectivity index (χ0) is 14.5. The zero-order valence-corrected chi connectivity index (χ0v) is 13.2. The van der Waals surface area contributed by atoms with Gasteiger partial charge in [-0.3, -0.25) is 4.79 Å². The molecule has 8 heteroatoms. The highest BCUT2D eigenvalue weighted by molar-refractivity contribution is 9.10. The Bertz CT molecular complexity index is 590. The first-order valence-corrected chi connectivity index (χ1v) is 7.37. The average Bonchev–Trinajstić information content (AvgIpc) is 2.85. The zero-order valence-electron chi connectivity index (χ0n) is 10.8. The Morgan fingerprint density at radius 1 is 1.35 bits per heavy atom. The summed E-state index contributed by atoms with van der Waals surface area (Å²) in [6.45, 7) is 0. The van der Waals surface area contributed by atoms with Gasteiger partial charge in [-0.15, -0.1) is 5.10 Å². The van der Waals surface area contributed by atoms with Crippen LogP contribution in [0, 0.1) is 0 Å². The van der Waals surface area contributed by atoms with Gasteiger partial charge in [-0.1, -0.05) is 11.8 Å². The van der Waals surface area contributed by atoms with Gasteiger partial charge in [0.2, 0.25) is 5.91 Å². The van der Waals surface area contributed by atoms with Crippen molar-refractivity contribution in [2.45, 2.75) is 0 Å². The van der Waals surface area contributed by atoms with Crippen LogP contribution < -0.4 is 14.8 Å². The number of nitrogens with zero attached hydrogens (tertiary/aromatic N) is 2. The van der Waals surface area contributed by atoms with E-state index in [1.54, 1.807) is 32.6 Å². The molecule has 1 aliphatic rings. The van der Waals surface area contributed by atoms with Crippen molar-refractivity contribution in [3.05, 3.63) is 22.2 Å². The summed E-state index contributed by atoms with van der Waals surface area (Å²) in [6.07, 6.45) is 1.57. The second-order valence-corrected chi connectivity index (χ2v) is 5.53. The van der Waals surface area contributed by atoms with E-state index in [0.717, 1.165) is 10.0 Å². The van der Waals surface area contributed by atoms with E-state index < -0.39 is 0 Å². The van der Waals surface area contributed by atoms with Gasteiger partial charge >= 0.3 is 0 Å². The van der Waals surface area contributed by atoms with Crippen LogP contribution in [-0.4, -0.2) is 37.3 Å². The highest BCUT2D eigenvalue weighted by atomic mass is 79.9. The molecule has 0 radical (unpaired) electrons. The fourth-order valence-corrected chi connectivity index (χ4v) is 2.55. The van der Waals surface area contributed by atoms with Gasteiger partial charge in [0.1, 0.15) is 0 Å². The molecule has 1 aromatic rings. The number of benzene rings is 1. The predicted octanol–water partition coefficient (Wildman–Crippen LogP) is 2.02. The molecule has 106 valence electrons. The van der Waals surface area contributed by atoms with E-state index in [1.165, 1.54) is 11.8 Å². The molecule has 1 amide bonds. The fraction of sp³-hybridized carbons (Fsp3) is 0.250. The van der Waals surface area contributed by atoms with Crippen LogP contribution in [0.2, 0.25) is 0 Å². The van der Waals surface area contributed by atoms with E-state index in [0.29, 0.717) is 22.4 Å². The summed E-state index contributed by atoms with van der Waals surface area (Å²) in [4.78, 5) is 11.0. The molecule has 6 nitrogen and oxygen atoms in total. The minimum atomic E-state index is -0.0590. The van der Waals surface area contributed by atoms with Crippen LogP contribution in [0.15, 0.2) is 26.8 Å². The molecule has 0 atom stereocenters. The minimum Gasteiger partial charge on any atom is -0.493 e. The quantitative estimate of drug-likeness (QED) is 0.660. The highest BCUT2D eigenvalue weighted by Crippen LogP contribution is 2.32. The number of ether oxygens (including phenoxy) is 2. The molecule has 1 saturated heterocycles. The van der Waals surface area contributed by atoms with Gasteiger partial charge in [0, 0.05) is 10.0 Å². The normalized spacial score (nSPS) is 16.8. The van der Waals surface area contributed by atoms with Crippen molar-refractivity contribution in [3.8, 4) is 11.5 Å². The van der Waals surface area contributed by atoms with Gasteiger partial charge in [0.05, 0.1) is 26.2 Å². The van der Waals surface area contributed by atoms with Gasteiger partial charge in [-0.25, -0.2) is 0 Å². The van der Waals surface area contributed by atoms with E-state index in [-0.39, 0.29) is 5.91 Å². The molecular weight excluding hydrogens is 346 g/mol. The van der Waals surface area contributed by atoms with Crippen LogP contribution in [-0.2, 0) is 4.79 Å². The summed E-state index contributed by atoms with van der Waals surface area (Å²) in [7, 11) is 3.14. The Morgan fingerprint density at radius 2 is 2.05 bits per heavy atom. The number of rotatable bonds is 4. The number of methoxy groups -OCH3 is 2. The predicted molar refractivity (Wildman–Crippen MR) is 82.9 cm³/mol. The topological polar surface area (TPSA) is 72.3 Å². The molecule has 0 spiro atoms. The van der Waals surface area contributed by atoms with Crippen molar-refractivity contribution in [2.24, 2.45) is 10.2 Å². The summed E-state index contributed by atoms with van der Waals surface area (Å²) in [5.41, 5.74) is 0.793. The molecule has 1 N–H and O–H groups in total. The number of hydrogen-bond donors (Lipinski definition) is 1. The number of thioether (sulfide) groups is 1. The number of carbonyl (C=O) groups excluding carboxylic acids is 1. The molecular formula is C12H12BrN3O3S. The van der Waals surface area contributed by atoms with Gasteiger partial charge in [-0.2, -0.15) is 5.10 Å². The third-order valence-corrected chi connectivity index (χ3v) is 3.99. The summed E-state index contributed by atoms with van der Waals surface area (Å²) >= 11 is 4.75. The first-order chi connectivity index (χ1) is 9.63. The molecule has 0 bridgehead atoms. The number of carbonyl (C=O) groups is 1. The smallest absolute Gasteiger partial charge is 0.236 e. The molecule has 20 heavy (non-hydrogen) atoms. The van der Waals surface area contributed by atoms with Crippen LogP contribution in [0.4, 0.5) is 0 Å². The maximum atomic E-state index is 11.0. The Labute approximate surface area is 128 Å². The van der Waals surface area contributed by atoms with Crippen LogP contribution in [0.5, 0.6) is 11.5 Å². The lowest BCUT2D eigenvalue weighted by atomic mass is 10.2. The van der Waals surface area contributed by atoms with Crippen molar-refractivity contribution in [1.82, 2.24) is 5.32 Å². The van der Waals surface area contributed by atoms with Crippen LogP contribution in [0.3, 0.4) is 0 Å². The van der Waals surface area contributed by atoms with Crippen LogP contribution in [0.25, 0.3) is 0 Å². The lowest BCUT2D eigenvalue weighted by Crippen LogP contribution is -2.19. The lowest BCUT2D eigenvalue weighted by molar-refractivity contribution is -0.116. The number of hydrogen-bond acceptors (Lipinski definition) is 6. The maximum Gasteiger partial charge on any atom is 0.236 e. The van der Waals surface area contributed by atoms with Crippen molar-refractivity contribution in [2.75, 3.05) is 20.0 Å². The molecule has 0 aromatic heterocycles. The van der Waals surface area contributed by atoms with Gasteiger partial charge in [0.15, 0.2) is 16.7 Å². The van der Waals surface area contributed by atoms with Gasteiger partial charge in [0.25, 0.3) is 0 Å². The molecule has 0 aliphatic carbocycles. The summed E-state index contributed by atoms with van der Waals surface area (Å²) in [5.74, 6) is 1.56. The van der Waals surface area contributed by atoms with Crippen molar-refractivity contribution in [1.29, 1.82) is 0 Å². The molecule has 2 rings (SSSR count). The molecule has 0 unspecified atom stereocenters.